The summed E-state index contributed by atoms with van der Waals surface area (Å²) in [6.07, 6.45) is 4.39. The van der Waals surface area contributed by atoms with Gasteiger partial charge in [-0.1, -0.05) is 46.2 Å². The molecule has 0 aromatic heterocycles. The molecule has 12 N–H and O–H groups in total. The highest BCUT2D eigenvalue weighted by atomic mass is 16.4. The number of aliphatic imine (C=N–C) groups is 1. The molecule has 0 radical (unpaired) electrons. The summed E-state index contributed by atoms with van der Waals surface area (Å²) in [5.74, 6) is -4.43. The Morgan fingerprint density at radius 2 is 1.53 bits per heavy atom. The van der Waals surface area contributed by atoms with Crippen LogP contribution < -0.4 is 38.5 Å². The van der Waals surface area contributed by atoms with E-state index in [0.717, 1.165) is 23.9 Å². The van der Waals surface area contributed by atoms with Gasteiger partial charge in [-0.25, -0.2) is 4.79 Å². The Kier molecular flexibility index (Phi) is 20.7. The van der Waals surface area contributed by atoms with E-state index < -0.39 is 71.8 Å². The molecule has 18 heteroatoms. The number of likely N-dealkylation sites (tertiary alicyclic amines) is 1. The number of hydrogen-bond acceptors (Lipinski definition) is 10. The van der Waals surface area contributed by atoms with E-state index in [2.05, 4.69) is 47.4 Å². The standard InChI is InChI=1S/C41H70N10O8/c1-8-26(4)34(38(56)47-32(40(58)59)23-25(2)3)48-36(54)31(24-27-16-18-28(52)19-17-27)46-37(55)33-15-12-21-50(33)39(57)30(43)14-11-20-45-41(44)49-35(53)29(42)13-9-10-22-51(5,6)7/h16-19,25-26,29-34H,8-15,20-24,42-43H2,1-7H3,(H7-,44,45,46,47,48,49,52,53,54,55,56,58,59)/p+1/t26-,29-,30-,31-,32-,33-,34-/m0/s1. The summed E-state index contributed by atoms with van der Waals surface area (Å²) in [4.78, 5) is 84.8. The van der Waals surface area contributed by atoms with Crippen molar-refractivity contribution in [2.24, 2.45) is 34.0 Å². The monoisotopic (exact) mass is 832 g/mol. The van der Waals surface area contributed by atoms with Crippen LogP contribution in [0.3, 0.4) is 0 Å². The van der Waals surface area contributed by atoms with Gasteiger partial charge >= 0.3 is 5.97 Å². The lowest BCUT2D eigenvalue weighted by molar-refractivity contribution is -0.870. The number of benzene rings is 1. The van der Waals surface area contributed by atoms with E-state index in [1.165, 1.54) is 17.0 Å². The maximum Gasteiger partial charge on any atom is 0.326 e. The molecule has 5 amide bonds. The number of rotatable bonds is 24. The third-order valence-electron chi connectivity index (χ3n) is 10.4. The van der Waals surface area contributed by atoms with Crippen molar-refractivity contribution in [1.29, 1.82) is 0 Å². The van der Waals surface area contributed by atoms with Crippen molar-refractivity contribution in [2.75, 3.05) is 40.8 Å². The second kappa shape index (κ2) is 24.3. The number of amides is 5. The Morgan fingerprint density at radius 3 is 2.12 bits per heavy atom. The summed E-state index contributed by atoms with van der Waals surface area (Å²) in [7, 11) is 6.30. The summed E-state index contributed by atoms with van der Waals surface area (Å²) in [5, 5.41) is 30.2. The zero-order valence-corrected chi connectivity index (χ0v) is 36.0. The first-order valence-corrected chi connectivity index (χ1v) is 20.8. The van der Waals surface area contributed by atoms with Crippen LogP contribution in [-0.2, 0) is 35.2 Å². The van der Waals surface area contributed by atoms with E-state index in [9.17, 15) is 39.0 Å². The molecular weight excluding hydrogens is 761 g/mol. The van der Waals surface area contributed by atoms with Crippen molar-refractivity contribution in [3.8, 4) is 5.75 Å². The average Bonchev–Trinajstić information content (AvgIpc) is 3.66. The number of guanidine groups is 1. The molecule has 0 saturated carbocycles. The number of nitrogens with one attached hydrogen (secondary N) is 4. The minimum absolute atomic E-state index is 0.00903. The van der Waals surface area contributed by atoms with Crippen molar-refractivity contribution in [1.82, 2.24) is 26.2 Å². The minimum Gasteiger partial charge on any atom is -0.508 e. The molecule has 1 fully saturated rings. The number of hydrogen-bond donors (Lipinski definition) is 9. The summed E-state index contributed by atoms with van der Waals surface area (Å²) < 4.78 is 0.830. The zero-order chi connectivity index (χ0) is 44.4. The van der Waals surface area contributed by atoms with Gasteiger partial charge in [0.05, 0.1) is 39.8 Å². The van der Waals surface area contributed by atoms with Crippen LogP contribution in [0, 0.1) is 11.8 Å². The molecule has 0 aliphatic carbocycles. The van der Waals surface area contributed by atoms with E-state index in [1.54, 1.807) is 19.1 Å². The molecule has 2 rings (SSSR count). The molecule has 59 heavy (non-hydrogen) atoms. The number of carbonyl (C=O) groups is 6. The average molecular weight is 832 g/mol. The summed E-state index contributed by atoms with van der Waals surface area (Å²) in [5.41, 5.74) is 18.8. The number of phenolic OH excluding ortho intramolecular Hbond substituents is 1. The van der Waals surface area contributed by atoms with Gasteiger partial charge in [0, 0.05) is 19.5 Å². The van der Waals surface area contributed by atoms with E-state index >= 15 is 0 Å². The summed E-state index contributed by atoms with van der Waals surface area (Å²) in [6, 6.07) is 0.0544. The van der Waals surface area contributed by atoms with Crippen LogP contribution in [0.1, 0.15) is 91.0 Å². The number of nitrogens with zero attached hydrogens (tertiary/aromatic N) is 3. The molecule has 0 bridgehead atoms. The van der Waals surface area contributed by atoms with Gasteiger partial charge < -0.3 is 52.7 Å². The van der Waals surface area contributed by atoms with Gasteiger partial charge in [0.15, 0.2) is 5.96 Å². The fourth-order valence-electron chi connectivity index (χ4n) is 6.75. The van der Waals surface area contributed by atoms with Crippen LogP contribution in [0.15, 0.2) is 29.3 Å². The Bertz CT molecular complexity index is 1580. The van der Waals surface area contributed by atoms with Crippen LogP contribution in [0.4, 0.5) is 0 Å². The first kappa shape index (κ1) is 50.3. The Morgan fingerprint density at radius 1 is 0.881 bits per heavy atom. The highest BCUT2D eigenvalue weighted by molar-refractivity contribution is 5.98. The first-order chi connectivity index (χ1) is 27.6. The van der Waals surface area contributed by atoms with E-state index in [4.69, 9.17) is 17.2 Å². The molecule has 0 spiro atoms. The zero-order valence-electron chi connectivity index (χ0n) is 36.0. The quantitative estimate of drug-likeness (QED) is 0.0296. The highest BCUT2D eigenvalue weighted by Crippen LogP contribution is 2.21. The lowest BCUT2D eigenvalue weighted by Gasteiger charge is -2.30. The van der Waals surface area contributed by atoms with Gasteiger partial charge in [0.2, 0.25) is 29.5 Å². The third kappa shape index (κ3) is 17.9. The number of carboxylic acids is 1. The molecule has 1 aliphatic heterocycles. The predicted molar refractivity (Wildman–Crippen MR) is 225 cm³/mol. The fourth-order valence-corrected chi connectivity index (χ4v) is 6.75. The maximum atomic E-state index is 14.0. The van der Waals surface area contributed by atoms with Gasteiger partial charge in [-0.05, 0) is 80.9 Å². The molecule has 1 aromatic carbocycles. The Labute approximate surface area is 349 Å². The van der Waals surface area contributed by atoms with Crippen molar-refractivity contribution >= 4 is 41.5 Å². The summed E-state index contributed by atoms with van der Waals surface area (Å²) in [6.45, 7) is 8.71. The van der Waals surface area contributed by atoms with E-state index in [1.807, 2.05) is 20.8 Å². The lowest BCUT2D eigenvalue weighted by atomic mass is 9.96. The minimum atomic E-state index is -1.20. The lowest BCUT2D eigenvalue weighted by Crippen LogP contribution is -2.59. The van der Waals surface area contributed by atoms with Gasteiger partial charge in [-0.2, -0.15) is 0 Å². The van der Waals surface area contributed by atoms with Gasteiger partial charge in [0.25, 0.3) is 0 Å². The van der Waals surface area contributed by atoms with Crippen LogP contribution in [0.5, 0.6) is 5.75 Å². The van der Waals surface area contributed by atoms with Gasteiger partial charge in [-0.3, -0.25) is 34.3 Å². The molecule has 7 atom stereocenters. The van der Waals surface area contributed by atoms with Crippen molar-refractivity contribution in [3.05, 3.63) is 29.8 Å². The Hall–Kier alpha value is -4.81. The molecule has 332 valence electrons. The van der Waals surface area contributed by atoms with E-state index in [-0.39, 0.29) is 55.9 Å². The molecule has 1 aliphatic rings. The molecule has 1 heterocycles. The number of carbonyl (C=O) groups excluding carboxylic acids is 5. The normalized spacial score (nSPS) is 17.6. The topological polar surface area (TPSA) is 285 Å². The fraction of sp³-hybridized carbons (Fsp3) is 0.683. The number of nitrogens with two attached hydrogens (primary N) is 3. The number of phenols is 1. The molecular formula is C41H71N10O8+. The number of aromatic hydroxyl groups is 1. The van der Waals surface area contributed by atoms with Crippen LogP contribution in [-0.4, -0.2) is 138 Å². The third-order valence-corrected chi connectivity index (χ3v) is 10.4. The first-order valence-electron chi connectivity index (χ1n) is 20.8. The van der Waals surface area contributed by atoms with Crippen LogP contribution in [0.25, 0.3) is 0 Å². The van der Waals surface area contributed by atoms with Gasteiger partial charge in [0.1, 0.15) is 29.9 Å². The molecule has 1 saturated heterocycles. The van der Waals surface area contributed by atoms with Crippen molar-refractivity contribution < 1.29 is 43.5 Å². The highest BCUT2D eigenvalue weighted by Gasteiger charge is 2.38. The van der Waals surface area contributed by atoms with Crippen molar-refractivity contribution in [2.45, 2.75) is 128 Å². The molecule has 18 nitrogen and oxygen atoms in total. The van der Waals surface area contributed by atoms with Crippen LogP contribution in [0.2, 0.25) is 0 Å². The van der Waals surface area contributed by atoms with Gasteiger partial charge in [-0.15, -0.1) is 0 Å². The van der Waals surface area contributed by atoms with E-state index in [0.29, 0.717) is 37.7 Å². The summed E-state index contributed by atoms with van der Waals surface area (Å²) >= 11 is 0. The largest absolute Gasteiger partial charge is 0.508 e. The SMILES string of the molecule is CC[C@H](C)[C@H](NC(=O)[C@H](Cc1ccc(O)cc1)NC(=O)[C@@H]1CCCN1C(=O)[C@@H](N)CCCN=C(N)NC(=O)[C@@H](N)CCCC[N+](C)(C)C)C(=O)N[C@@H](CC(C)C)C(=O)O. The maximum absolute atomic E-state index is 14.0. The number of aliphatic carboxylic acids is 1. The number of quaternary nitrogens is 1. The second-order valence-corrected chi connectivity index (χ2v) is 17.1. The number of unbranched alkanes of at least 4 members (excludes halogenated alkanes) is 1. The molecule has 1 aromatic rings. The molecule has 0 unspecified atom stereocenters. The Balaban J connectivity index is 2.09. The number of carboxylic acid groups (broad SMARTS) is 1. The predicted octanol–water partition coefficient (Wildman–Crippen LogP) is 0.299. The van der Waals surface area contributed by atoms with Crippen LogP contribution >= 0.6 is 0 Å². The smallest absolute Gasteiger partial charge is 0.326 e. The van der Waals surface area contributed by atoms with Crippen molar-refractivity contribution in [3.63, 3.8) is 0 Å². The second-order valence-electron chi connectivity index (χ2n) is 17.1.